The summed E-state index contributed by atoms with van der Waals surface area (Å²) in [7, 11) is 2.05. The SMILES string of the molecule is CN1C[C@H](OCCOCCOCCO[C@@H]2CCCCO2)C[C@@H]1COc1nc2c(c(N3CCN(C(=O)OCc4ccccc4)[C@@H](CC#N)C3)n1)CCN(C(=O)OC(C)(C)C)C2. The first-order valence-corrected chi connectivity index (χ1v) is 21.4. The molecule has 6 rings (SSSR count). The Morgan fingerprint density at radius 2 is 1.68 bits per heavy atom. The number of nitriles is 1. The second-order valence-electron chi connectivity index (χ2n) is 16.6. The van der Waals surface area contributed by atoms with Crippen molar-refractivity contribution in [1.29, 1.82) is 5.26 Å². The number of hydrogen-bond donors (Lipinski definition) is 0. The highest BCUT2D eigenvalue weighted by Crippen LogP contribution is 2.32. The number of hydrogen-bond acceptors (Lipinski definition) is 15. The van der Waals surface area contributed by atoms with Crippen molar-refractivity contribution >= 4 is 18.0 Å². The lowest BCUT2D eigenvalue weighted by Crippen LogP contribution is -2.56. The van der Waals surface area contributed by atoms with Gasteiger partial charge in [-0.2, -0.15) is 15.2 Å². The van der Waals surface area contributed by atoms with Crippen molar-refractivity contribution < 1.29 is 47.5 Å². The van der Waals surface area contributed by atoms with Gasteiger partial charge in [0.2, 0.25) is 0 Å². The molecule has 3 fully saturated rings. The standard InChI is InChI=1S/C43H63N7O10/c1-43(2,3)60-41(51)49-16-14-36-37(29-49)45-40(46-39(36)48-17-18-50(33(27-48)13-15-44)42(52)59-30-32-10-6-5-7-11-32)58-31-34-26-35(28-47(34)4)55-24-22-53-20-21-54-23-25-57-38-12-8-9-19-56-38/h5-7,10-11,33-35,38H,8-9,12-14,16-31H2,1-4H3/t33-,34+,35+,38+/m0/s1. The number of benzene rings is 1. The van der Waals surface area contributed by atoms with Crippen molar-refractivity contribution in [3.63, 3.8) is 0 Å². The molecule has 0 N–H and O–H groups in total. The summed E-state index contributed by atoms with van der Waals surface area (Å²) in [6, 6.07) is 11.6. The van der Waals surface area contributed by atoms with Gasteiger partial charge in [0.05, 0.1) is 76.5 Å². The topological polar surface area (TPSA) is 171 Å². The lowest BCUT2D eigenvalue weighted by Gasteiger charge is -2.41. The molecule has 4 atom stereocenters. The van der Waals surface area contributed by atoms with Crippen LogP contribution >= 0.6 is 0 Å². The van der Waals surface area contributed by atoms with Crippen LogP contribution in [0.4, 0.5) is 15.4 Å². The molecular formula is C43H63N7O10. The highest BCUT2D eigenvalue weighted by molar-refractivity contribution is 5.70. The molecule has 2 amide bonds. The molecule has 17 heteroatoms. The Balaban J connectivity index is 1.02. The summed E-state index contributed by atoms with van der Waals surface area (Å²) in [5.74, 6) is 0.688. The third kappa shape index (κ3) is 13.6. The number of carbonyl (C=O) groups excluding carboxylic acids is 2. The van der Waals surface area contributed by atoms with Crippen molar-refractivity contribution in [1.82, 2.24) is 24.7 Å². The van der Waals surface area contributed by atoms with Gasteiger partial charge in [0, 0.05) is 50.9 Å². The van der Waals surface area contributed by atoms with E-state index in [4.69, 9.17) is 47.9 Å². The average molecular weight is 838 g/mol. The second kappa shape index (κ2) is 22.5. The van der Waals surface area contributed by atoms with Gasteiger partial charge in [0.1, 0.15) is 24.6 Å². The van der Waals surface area contributed by atoms with E-state index in [1.165, 1.54) is 0 Å². The largest absolute Gasteiger partial charge is 0.462 e. The summed E-state index contributed by atoms with van der Waals surface area (Å²) >= 11 is 0. The lowest BCUT2D eigenvalue weighted by molar-refractivity contribution is -0.169. The molecule has 5 heterocycles. The Morgan fingerprint density at radius 3 is 2.42 bits per heavy atom. The van der Waals surface area contributed by atoms with E-state index in [0.717, 1.165) is 50.0 Å². The number of ether oxygens (including phenoxy) is 8. The number of rotatable bonds is 18. The molecule has 2 aromatic rings. The summed E-state index contributed by atoms with van der Waals surface area (Å²) in [5.41, 5.74) is 1.84. The number of piperazine rings is 1. The number of amides is 2. The van der Waals surface area contributed by atoms with Gasteiger partial charge < -0.3 is 52.6 Å². The summed E-state index contributed by atoms with van der Waals surface area (Å²) in [6.07, 6.45) is 3.66. The van der Waals surface area contributed by atoms with Crippen LogP contribution in [0, 0.1) is 11.3 Å². The lowest BCUT2D eigenvalue weighted by atomic mass is 10.0. The van der Waals surface area contributed by atoms with E-state index in [0.29, 0.717) is 90.4 Å². The smallest absolute Gasteiger partial charge is 0.410 e. The fourth-order valence-electron chi connectivity index (χ4n) is 7.76. The molecule has 60 heavy (non-hydrogen) atoms. The monoisotopic (exact) mass is 837 g/mol. The van der Waals surface area contributed by atoms with E-state index < -0.39 is 23.8 Å². The Bertz CT molecular complexity index is 1700. The fourth-order valence-corrected chi connectivity index (χ4v) is 7.76. The number of aromatic nitrogens is 2. The van der Waals surface area contributed by atoms with Crippen LogP contribution in [0.25, 0.3) is 0 Å². The molecule has 0 radical (unpaired) electrons. The van der Waals surface area contributed by atoms with Gasteiger partial charge in [0.25, 0.3) is 0 Å². The normalized spacial score (nSPS) is 22.3. The van der Waals surface area contributed by atoms with Crippen LogP contribution < -0.4 is 9.64 Å². The first kappa shape index (κ1) is 45.2. The molecule has 0 spiro atoms. The minimum Gasteiger partial charge on any atom is -0.462 e. The molecule has 0 unspecified atom stereocenters. The highest BCUT2D eigenvalue weighted by atomic mass is 16.7. The average Bonchev–Trinajstić information content (AvgIpc) is 3.60. The van der Waals surface area contributed by atoms with Gasteiger partial charge in [-0.05, 0) is 65.5 Å². The Morgan fingerprint density at radius 1 is 0.917 bits per heavy atom. The molecule has 4 aliphatic rings. The maximum absolute atomic E-state index is 13.3. The van der Waals surface area contributed by atoms with E-state index in [9.17, 15) is 14.9 Å². The van der Waals surface area contributed by atoms with Gasteiger partial charge in [0.15, 0.2) is 6.29 Å². The van der Waals surface area contributed by atoms with Gasteiger partial charge >= 0.3 is 18.2 Å². The second-order valence-corrected chi connectivity index (χ2v) is 16.6. The fraction of sp³-hybridized carbons (Fsp3) is 0.698. The third-order valence-corrected chi connectivity index (χ3v) is 10.9. The van der Waals surface area contributed by atoms with Crippen molar-refractivity contribution in [2.24, 2.45) is 0 Å². The van der Waals surface area contributed by atoms with Gasteiger partial charge in [-0.25, -0.2) is 9.59 Å². The van der Waals surface area contributed by atoms with Gasteiger partial charge in [-0.15, -0.1) is 0 Å². The van der Waals surface area contributed by atoms with Crippen LogP contribution in [-0.4, -0.2) is 160 Å². The zero-order valence-electron chi connectivity index (χ0n) is 35.8. The quantitative estimate of drug-likeness (QED) is 0.192. The zero-order chi connectivity index (χ0) is 42.3. The van der Waals surface area contributed by atoms with Crippen LogP contribution in [0.5, 0.6) is 6.01 Å². The number of fused-ring (bicyclic) bond motifs is 1. The van der Waals surface area contributed by atoms with Crippen LogP contribution in [0.2, 0.25) is 0 Å². The first-order chi connectivity index (χ1) is 29.1. The van der Waals surface area contributed by atoms with Crippen molar-refractivity contribution in [3.05, 3.63) is 47.2 Å². The summed E-state index contributed by atoms with van der Waals surface area (Å²) in [5, 5.41) is 9.77. The summed E-state index contributed by atoms with van der Waals surface area (Å²) in [4.78, 5) is 43.8. The van der Waals surface area contributed by atoms with E-state index in [1.54, 1.807) is 9.80 Å². The maximum Gasteiger partial charge on any atom is 0.410 e. The molecule has 330 valence electrons. The first-order valence-electron chi connectivity index (χ1n) is 21.4. The number of likely N-dealkylation sites (tertiary alicyclic amines) is 1. The molecule has 1 aromatic carbocycles. The third-order valence-electron chi connectivity index (χ3n) is 10.9. The minimum atomic E-state index is -0.642. The van der Waals surface area contributed by atoms with Crippen molar-refractivity contribution in [2.75, 3.05) is 97.5 Å². The zero-order valence-corrected chi connectivity index (χ0v) is 35.8. The highest BCUT2D eigenvalue weighted by Gasteiger charge is 2.36. The van der Waals surface area contributed by atoms with Crippen LogP contribution in [0.1, 0.15) is 69.7 Å². The van der Waals surface area contributed by atoms with E-state index in [2.05, 4.69) is 15.9 Å². The molecule has 0 aliphatic carbocycles. The maximum atomic E-state index is 13.3. The molecule has 0 bridgehead atoms. The summed E-state index contributed by atoms with van der Waals surface area (Å²) < 4.78 is 46.5. The molecule has 3 saturated heterocycles. The number of nitrogens with zero attached hydrogens (tertiary/aromatic N) is 7. The van der Waals surface area contributed by atoms with E-state index >= 15 is 0 Å². The summed E-state index contributed by atoms with van der Waals surface area (Å²) in [6.45, 7) is 12.3. The predicted molar refractivity (Wildman–Crippen MR) is 219 cm³/mol. The van der Waals surface area contributed by atoms with Crippen molar-refractivity contribution in [3.8, 4) is 12.1 Å². The van der Waals surface area contributed by atoms with Crippen LogP contribution in [-0.2, 0) is 52.7 Å². The molecule has 17 nitrogen and oxygen atoms in total. The van der Waals surface area contributed by atoms with Gasteiger partial charge in [-0.3, -0.25) is 4.90 Å². The number of carbonyl (C=O) groups is 2. The van der Waals surface area contributed by atoms with Crippen molar-refractivity contribution in [2.45, 2.75) is 103 Å². The molecule has 1 aromatic heterocycles. The Kier molecular flexibility index (Phi) is 17.0. The number of likely N-dealkylation sites (N-methyl/N-ethyl adjacent to an activating group) is 1. The number of anilines is 1. The molecular weight excluding hydrogens is 775 g/mol. The van der Waals surface area contributed by atoms with E-state index in [-0.39, 0.29) is 44.0 Å². The predicted octanol–water partition coefficient (Wildman–Crippen LogP) is 4.56. The molecule has 0 saturated carbocycles. The minimum absolute atomic E-state index is 0.0257. The Hall–Kier alpha value is -4.31. The molecule has 4 aliphatic heterocycles. The van der Waals surface area contributed by atoms with Crippen LogP contribution in [0.3, 0.4) is 0 Å². The van der Waals surface area contributed by atoms with E-state index in [1.807, 2.05) is 58.2 Å². The Labute approximate surface area is 354 Å². The van der Waals surface area contributed by atoms with Crippen LogP contribution in [0.15, 0.2) is 30.3 Å². The van der Waals surface area contributed by atoms with Gasteiger partial charge in [-0.1, -0.05) is 30.3 Å².